The van der Waals surface area contributed by atoms with Gasteiger partial charge in [-0.15, -0.1) is 8.78 Å². The maximum atomic E-state index is 13.3. The van der Waals surface area contributed by atoms with Gasteiger partial charge in [-0.1, -0.05) is 56.3 Å². The number of hydrogen-bond acceptors (Lipinski definition) is 3. The van der Waals surface area contributed by atoms with E-state index < -0.39 is 6.29 Å². The number of amides is 1. The van der Waals surface area contributed by atoms with Gasteiger partial charge >= 0.3 is 6.29 Å². The van der Waals surface area contributed by atoms with Crippen LogP contribution < -0.4 is 14.4 Å². The first-order valence-electron chi connectivity index (χ1n) is 9.22. The Hall–Kier alpha value is -3.41. The summed E-state index contributed by atoms with van der Waals surface area (Å²) in [7, 11) is 0. The number of alkyl halides is 2. The summed E-state index contributed by atoms with van der Waals surface area (Å²) < 4.78 is 35.6. The average molecular weight is 395 g/mol. The first-order valence-corrected chi connectivity index (χ1v) is 9.22. The van der Waals surface area contributed by atoms with Gasteiger partial charge in [-0.2, -0.15) is 0 Å². The van der Waals surface area contributed by atoms with Crippen LogP contribution in [0.4, 0.5) is 20.2 Å². The van der Waals surface area contributed by atoms with E-state index in [1.165, 1.54) is 28.7 Å². The van der Waals surface area contributed by atoms with Gasteiger partial charge in [0.25, 0.3) is 0 Å². The Bertz CT molecular complexity index is 1050. The zero-order valence-electron chi connectivity index (χ0n) is 15.9. The molecular weight excluding hydrogens is 376 g/mol. The minimum atomic E-state index is -3.71. The zero-order valence-corrected chi connectivity index (χ0v) is 15.9. The third kappa shape index (κ3) is 3.66. The summed E-state index contributed by atoms with van der Waals surface area (Å²) in [6.45, 7) is 4.25. The van der Waals surface area contributed by atoms with Gasteiger partial charge in [-0.05, 0) is 35.2 Å². The molecule has 0 radical (unpaired) electrons. The van der Waals surface area contributed by atoms with Crippen LogP contribution in [0, 0.1) is 0 Å². The van der Waals surface area contributed by atoms with Crippen LogP contribution >= 0.6 is 0 Å². The summed E-state index contributed by atoms with van der Waals surface area (Å²) >= 11 is 0. The molecular formula is C23H19F2NO3. The number of halogens is 2. The molecule has 3 aromatic rings. The minimum absolute atomic E-state index is 0.0674. The van der Waals surface area contributed by atoms with E-state index in [1.807, 2.05) is 30.3 Å². The summed E-state index contributed by atoms with van der Waals surface area (Å²) in [5.41, 5.74) is 4.04. The van der Waals surface area contributed by atoms with Crippen molar-refractivity contribution in [3.63, 3.8) is 0 Å². The Morgan fingerprint density at radius 3 is 2.31 bits per heavy atom. The van der Waals surface area contributed by atoms with Crippen LogP contribution in [0.15, 0.2) is 66.7 Å². The van der Waals surface area contributed by atoms with Crippen LogP contribution in [0.5, 0.6) is 11.5 Å². The summed E-state index contributed by atoms with van der Waals surface area (Å²) in [4.78, 5) is 13.4. The van der Waals surface area contributed by atoms with Gasteiger partial charge in [0.1, 0.15) is 0 Å². The summed E-state index contributed by atoms with van der Waals surface area (Å²) in [5.74, 6) is 0.234. The Morgan fingerprint density at radius 2 is 1.62 bits per heavy atom. The van der Waals surface area contributed by atoms with Crippen LogP contribution in [0.25, 0.3) is 11.1 Å². The lowest BCUT2D eigenvalue weighted by Gasteiger charge is -2.21. The Labute approximate surface area is 167 Å². The predicted octanol–water partition coefficient (Wildman–Crippen LogP) is 6.09. The molecule has 0 bridgehead atoms. The maximum absolute atomic E-state index is 13.3. The van der Waals surface area contributed by atoms with Crippen molar-refractivity contribution in [3.8, 4) is 22.6 Å². The quantitative estimate of drug-likeness (QED) is 0.491. The van der Waals surface area contributed by atoms with Crippen LogP contribution in [0.3, 0.4) is 0 Å². The van der Waals surface area contributed by atoms with Crippen molar-refractivity contribution < 1.29 is 23.0 Å². The number of benzene rings is 3. The standard InChI is InChI=1S/C23H19F2NO3/c1-15(2)16-7-9-17(10-8-16)19-5-3-4-6-20(19)26(14-27)18-11-12-21-22(13-18)29-23(24,25)28-21/h3-15H,1-2H3. The normalized spacial score (nSPS) is 14.1. The lowest BCUT2D eigenvalue weighted by Crippen LogP contribution is -2.25. The van der Waals surface area contributed by atoms with Crippen molar-refractivity contribution in [2.24, 2.45) is 0 Å². The number of para-hydroxylation sites is 1. The van der Waals surface area contributed by atoms with Crippen molar-refractivity contribution in [3.05, 3.63) is 72.3 Å². The number of ether oxygens (including phenoxy) is 2. The lowest BCUT2D eigenvalue weighted by atomic mass is 9.97. The molecule has 3 aromatic carbocycles. The van der Waals surface area contributed by atoms with Crippen LogP contribution in [0.2, 0.25) is 0 Å². The molecule has 4 rings (SSSR count). The van der Waals surface area contributed by atoms with E-state index in [-0.39, 0.29) is 11.5 Å². The molecule has 0 N–H and O–H groups in total. The van der Waals surface area contributed by atoms with Gasteiger partial charge in [-0.25, -0.2) is 0 Å². The van der Waals surface area contributed by atoms with Gasteiger partial charge in [-0.3, -0.25) is 9.69 Å². The fraction of sp³-hybridized carbons (Fsp3) is 0.174. The van der Waals surface area contributed by atoms with Crippen LogP contribution in [0.1, 0.15) is 25.3 Å². The maximum Gasteiger partial charge on any atom is 0.586 e. The van der Waals surface area contributed by atoms with E-state index in [0.29, 0.717) is 23.7 Å². The molecule has 0 atom stereocenters. The summed E-state index contributed by atoms with van der Waals surface area (Å²) in [6.07, 6.45) is -3.06. The molecule has 4 nitrogen and oxygen atoms in total. The predicted molar refractivity (Wildman–Crippen MR) is 107 cm³/mol. The number of fused-ring (bicyclic) bond motifs is 1. The smallest absolute Gasteiger partial charge is 0.395 e. The number of hydrogen-bond donors (Lipinski definition) is 0. The number of carbonyl (C=O) groups excluding carboxylic acids is 1. The molecule has 29 heavy (non-hydrogen) atoms. The largest absolute Gasteiger partial charge is 0.586 e. The van der Waals surface area contributed by atoms with Gasteiger partial charge in [0.2, 0.25) is 6.41 Å². The molecule has 1 aliphatic rings. The van der Waals surface area contributed by atoms with Crippen molar-refractivity contribution in [1.29, 1.82) is 0 Å². The monoisotopic (exact) mass is 395 g/mol. The van der Waals surface area contributed by atoms with Gasteiger partial charge in [0.15, 0.2) is 11.5 Å². The van der Waals surface area contributed by atoms with Gasteiger partial charge in [0, 0.05) is 11.6 Å². The highest BCUT2D eigenvalue weighted by molar-refractivity contribution is 5.94. The van der Waals surface area contributed by atoms with E-state index in [1.54, 1.807) is 6.07 Å². The SMILES string of the molecule is CC(C)c1ccc(-c2ccccc2N(C=O)c2ccc3c(c2)OC(F)(F)O3)cc1. The topological polar surface area (TPSA) is 38.8 Å². The van der Waals surface area contributed by atoms with E-state index in [2.05, 4.69) is 35.5 Å². The Balaban J connectivity index is 1.74. The molecule has 1 heterocycles. The van der Waals surface area contributed by atoms with E-state index >= 15 is 0 Å². The molecule has 0 saturated heterocycles. The first kappa shape index (κ1) is 18.9. The van der Waals surface area contributed by atoms with E-state index in [4.69, 9.17) is 0 Å². The van der Waals surface area contributed by atoms with Gasteiger partial charge < -0.3 is 9.47 Å². The third-order valence-electron chi connectivity index (χ3n) is 4.82. The summed E-state index contributed by atoms with van der Waals surface area (Å²) in [6, 6.07) is 19.8. The molecule has 1 aliphatic heterocycles. The highest BCUT2D eigenvalue weighted by Crippen LogP contribution is 2.44. The number of rotatable bonds is 5. The van der Waals surface area contributed by atoms with Crippen molar-refractivity contribution in [2.45, 2.75) is 26.1 Å². The zero-order chi connectivity index (χ0) is 20.6. The van der Waals surface area contributed by atoms with Crippen LogP contribution in [-0.4, -0.2) is 12.7 Å². The average Bonchev–Trinajstić information content (AvgIpc) is 3.02. The highest BCUT2D eigenvalue weighted by atomic mass is 19.3. The molecule has 0 spiro atoms. The Kier molecular flexibility index (Phi) is 4.70. The van der Waals surface area contributed by atoms with Crippen LogP contribution in [-0.2, 0) is 4.79 Å². The van der Waals surface area contributed by atoms with Gasteiger partial charge in [0.05, 0.1) is 11.4 Å². The second-order valence-corrected chi connectivity index (χ2v) is 7.07. The second kappa shape index (κ2) is 7.20. The molecule has 6 heteroatoms. The lowest BCUT2D eigenvalue weighted by molar-refractivity contribution is -0.286. The molecule has 148 valence electrons. The van der Waals surface area contributed by atoms with Crippen molar-refractivity contribution in [2.75, 3.05) is 4.90 Å². The fourth-order valence-corrected chi connectivity index (χ4v) is 3.32. The molecule has 0 fully saturated rings. The van der Waals surface area contributed by atoms with E-state index in [0.717, 1.165) is 11.1 Å². The fourth-order valence-electron chi connectivity index (χ4n) is 3.32. The Morgan fingerprint density at radius 1 is 0.931 bits per heavy atom. The third-order valence-corrected chi connectivity index (χ3v) is 4.82. The highest BCUT2D eigenvalue weighted by Gasteiger charge is 2.43. The molecule has 1 amide bonds. The number of anilines is 2. The first-order chi connectivity index (χ1) is 13.9. The number of nitrogens with zero attached hydrogens (tertiary/aromatic N) is 1. The number of carbonyl (C=O) groups is 1. The minimum Gasteiger partial charge on any atom is -0.395 e. The second-order valence-electron chi connectivity index (χ2n) is 7.07. The van der Waals surface area contributed by atoms with E-state index in [9.17, 15) is 13.6 Å². The molecule has 0 aliphatic carbocycles. The van der Waals surface area contributed by atoms with Crippen molar-refractivity contribution in [1.82, 2.24) is 0 Å². The molecule has 0 saturated carbocycles. The van der Waals surface area contributed by atoms with Crippen molar-refractivity contribution >= 4 is 17.8 Å². The molecule has 0 aromatic heterocycles. The summed E-state index contributed by atoms with van der Waals surface area (Å²) in [5, 5.41) is 0. The molecule has 0 unspecified atom stereocenters.